The molecule has 1 atom stereocenters. The quantitative estimate of drug-likeness (QED) is 0.296. The maximum atomic E-state index is 14.0. The van der Waals surface area contributed by atoms with Crippen molar-refractivity contribution in [1.82, 2.24) is 10.2 Å². The largest absolute Gasteiger partial charge is 0.352 e. The second-order valence-corrected chi connectivity index (χ2v) is 12.9. The molecule has 3 aromatic carbocycles. The van der Waals surface area contributed by atoms with Gasteiger partial charge in [0.1, 0.15) is 12.6 Å². The van der Waals surface area contributed by atoms with Gasteiger partial charge in [-0.25, -0.2) is 8.42 Å². The molecule has 0 spiro atoms. The van der Waals surface area contributed by atoms with Crippen LogP contribution in [0.2, 0.25) is 5.02 Å². The molecule has 0 saturated carbocycles. The lowest BCUT2D eigenvalue weighted by atomic mass is 10.0. The molecule has 0 bridgehead atoms. The maximum absolute atomic E-state index is 14.0. The predicted octanol–water partition coefficient (Wildman–Crippen LogP) is 4.88. The summed E-state index contributed by atoms with van der Waals surface area (Å²) in [7, 11) is -3.80. The van der Waals surface area contributed by atoms with E-state index in [0.717, 1.165) is 25.3 Å². The summed E-state index contributed by atoms with van der Waals surface area (Å²) in [5.74, 6) is -0.826. The first kappa shape index (κ1) is 29.9. The molecule has 1 N–H and O–H groups in total. The second kappa shape index (κ2) is 13.4. The van der Waals surface area contributed by atoms with Gasteiger partial charge in [-0.05, 0) is 84.0 Å². The van der Waals surface area contributed by atoms with Crippen LogP contribution in [0.3, 0.4) is 0 Å². The number of halogens is 2. The summed E-state index contributed by atoms with van der Waals surface area (Å²) in [6.45, 7) is 3.32. The molecule has 0 aliphatic rings. The van der Waals surface area contributed by atoms with Gasteiger partial charge in [-0.2, -0.15) is 0 Å². The van der Waals surface area contributed by atoms with Crippen molar-refractivity contribution in [2.45, 2.75) is 38.9 Å². The number of carbonyl (C=O) groups is 2. The lowest BCUT2D eigenvalue weighted by molar-refractivity contribution is -0.140. The van der Waals surface area contributed by atoms with Gasteiger partial charge in [0.05, 0.1) is 11.9 Å². The van der Waals surface area contributed by atoms with Crippen LogP contribution in [-0.4, -0.2) is 50.0 Å². The van der Waals surface area contributed by atoms with Gasteiger partial charge in [0.25, 0.3) is 0 Å². The first-order chi connectivity index (χ1) is 17.9. The number of hydrogen-bond donors (Lipinski definition) is 1. The molecule has 0 unspecified atom stereocenters. The van der Waals surface area contributed by atoms with E-state index in [1.165, 1.54) is 4.90 Å². The molecule has 0 saturated heterocycles. The van der Waals surface area contributed by atoms with Crippen molar-refractivity contribution >= 4 is 61.7 Å². The van der Waals surface area contributed by atoms with Crippen LogP contribution in [0.4, 0.5) is 5.69 Å². The van der Waals surface area contributed by atoms with E-state index in [4.69, 9.17) is 11.6 Å². The summed E-state index contributed by atoms with van der Waals surface area (Å²) in [6, 6.07) is 22.3. The number of amides is 2. The van der Waals surface area contributed by atoms with E-state index in [1.807, 2.05) is 50.2 Å². The van der Waals surface area contributed by atoms with Crippen LogP contribution in [0, 0.1) is 3.57 Å². The normalized spacial score (nSPS) is 12.2. The molecule has 0 aromatic heterocycles. The van der Waals surface area contributed by atoms with Crippen molar-refractivity contribution in [2.75, 3.05) is 17.1 Å². The fraction of sp³-hybridized carbons (Fsp3) is 0.286. The lowest BCUT2D eigenvalue weighted by Crippen LogP contribution is -2.54. The smallest absolute Gasteiger partial charge is 0.244 e. The highest BCUT2D eigenvalue weighted by atomic mass is 127. The number of benzene rings is 3. The molecular weight excluding hydrogens is 637 g/mol. The highest BCUT2D eigenvalue weighted by Crippen LogP contribution is 2.22. The van der Waals surface area contributed by atoms with Gasteiger partial charge in [-0.1, -0.05) is 54.1 Å². The molecule has 2 amide bonds. The van der Waals surface area contributed by atoms with Crippen molar-refractivity contribution in [1.29, 1.82) is 0 Å². The molecule has 10 heteroatoms. The average molecular weight is 668 g/mol. The van der Waals surface area contributed by atoms with Crippen LogP contribution in [0.15, 0.2) is 78.9 Å². The van der Waals surface area contributed by atoms with Crippen LogP contribution in [0.1, 0.15) is 25.0 Å². The van der Waals surface area contributed by atoms with E-state index in [2.05, 4.69) is 27.9 Å². The van der Waals surface area contributed by atoms with Gasteiger partial charge < -0.3 is 10.2 Å². The summed E-state index contributed by atoms with van der Waals surface area (Å²) in [6.07, 6.45) is 1.32. The van der Waals surface area contributed by atoms with Crippen LogP contribution < -0.4 is 9.62 Å². The van der Waals surface area contributed by atoms with Gasteiger partial charge in [-0.15, -0.1) is 0 Å². The lowest BCUT2D eigenvalue weighted by Gasteiger charge is -2.34. The molecule has 0 heterocycles. The van der Waals surface area contributed by atoms with Crippen molar-refractivity contribution in [3.05, 3.63) is 98.6 Å². The van der Waals surface area contributed by atoms with Crippen molar-refractivity contribution in [2.24, 2.45) is 0 Å². The predicted molar refractivity (Wildman–Crippen MR) is 161 cm³/mol. The molecule has 0 radical (unpaired) electrons. The zero-order valence-corrected chi connectivity index (χ0v) is 25.2. The Kier molecular flexibility index (Phi) is 10.6. The Hall–Kier alpha value is -2.63. The van der Waals surface area contributed by atoms with Crippen molar-refractivity contribution < 1.29 is 18.0 Å². The summed E-state index contributed by atoms with van der Waals surface area (Å²) >= 11 is 8.34. The molecule has 3 aromatic rings. The third-order valence-electron chi connectivity index (χ3n) is 5.74. The standard InChI is InChI=1S/C28H31ClIN3O4S/c1-20(2)31-28(35)26(17-21-8-5-4-6-9-21)32(18-22-10-7-11-23(29)16-22)27(34)19-33(38(3,36)37)25-14-12-24(30)13-15-25/h4-16,20,26H,17-19H2,1-3H3,(H,31,35)/t26-/m1/s1. The van der Waals surface area contributed by atoms with E-state index in [1.54, 1.807) is 42.5 Å². The molecule has 202 valence electrons. The van der Waals surface area contributed by atoms with E-state index in [0.29, 0.717) is 10.7 Å². The maximum Gasteiger partial charge on any atom is 0.244 e. The molecule has 0 fully saturated rings. The minimum Gasteiger partial charge on any atom is -0.352 e. The Labute approximate surface area is 243 Å². The molecule has 7 nitrogen and oxygen atoms in total. The number of anilines is 1. The number of carbonyl (C=O) groups excluding carboxylic acids is 2. The van der Waals surface area contributed by atoms with Gasteiger partial charge in [0.15, 0.2) is 0 Å². The van der Waals surface area contributed by atoms with Crippen LogP contribution in [0.25, 0.3) is 0 Å². The monoisotopic (exact) mass is 667 g/mol. The molecular formula is C28H31ClIN3O4S. The third-order valence-corrected chi connectivity index (χ3v) is 7.83. The van der Waals surface area contributed by atoms with Gasteiger partial charge in [0, 0.05) is 27.6 Å². The molecule has 3 rings (SSSR count). The summed E-state index contributed by atoms with van der Waals surface area (Å²) in [5.41, 5.74) is 1.97. The minimum absolute atomic E-state index is 0.0761. The Morgan fingerprint density at radius 1 is 0.947 bits per heavy atom. The number of nitrogens with zero attached hydrogens (tertiary/aromatic N) is 2. The summed E-state index contributed by atoms with van der Waals surface area (Å²) < 4.78 is 27.5. The van der Waals surface area contributed by atoms with Gasteiger partial charge >= 0.3 is 0 Å². The Bertz CT molecular complexity index is 1350. The van der Waals surface area contributed by atoms with E-state index < -0.39 is 28.5 Å². The fourth-order valence-corrected chi connectivity index (χ4v) is 5.41. The fourth-order valence-electron chi connectivity index (χ4n) is 3.99. The molecule has 38 heavy (non-hydrogen) atoms. The van der Waals surface area contributed by atoms with E-state index in [9.17, 15) is 18.0 Å². The highest BCUT2D eigenvalue weighted by Gasteiger charge is 2.33. The first-order valence-corrected chi connectivity index (χ1v) is 15.4. The highest BCUT2D eigenvalue weighted by molar-refractivity contribution is 14.1. The van der Waals surface area contributed by atoms with E-state index >= 15 is 0 Å². The van der Waals surface area contributed by atoms with Crippen LogP contribution in [-0.2, 0) is 32.6 Å². The van der Waals surface area contributed by atoms with Crippen LogP contribution in [0.5, 0.6) is 0 Å². The molecule has 0 aliphatic heterocycles. The first-order valence-electron chi connectivity index (χ1n) is 12.1. The topological polar surface area (TPSA) is 86.8 Å². The molecule has 0 aliphatic carbocycles. The number of nitrogens with one attached hydrogen (secondary N) is 1. The zero-order valence-electron chi connectivity index (χ0n) is 21.5. The number of hydrogen-bond acceptors (Lipinski definition) is 4. The Morgan fingerprint density at radius 2 is 1.58 bits per heavy atom. The third kappa shape index (κ3) is 8.71. The zero-order chi connectivity index (χ0) is 27.9. The van der Waals surface area contributed by atoms with Crippen LogP contribution >= 0.6 is 34.2 Å². The van der Waals surface area contributed by atoms with Crippen molar-refractivity contribution in [3.8, 4) is 0 Å². The van der Waals surface area contributed by atoms with Crippen molar-refractivity contribution in [3.63, 3.8) is 0 Å². The van der Waals surface area contributed by atoms with Gasteiger partial charge in [0.2, 0.25) is 21.8 Å². The summed E-state index contributed by atoms with van der Waals surface area (Å²) in [4.78, 5) is 28.9. The summed E-state index contributed by atoms with van der Waals surface area (Å²) in [5, 5.41) is 3.42. The van der Waals surface area contributed by atoms with E-state index in [-0.39, 0.29) is 24.9 Å². The number of sulfonamides is 1. The van der Waals surface area contributed by atoms with Gasteiger partial charge in [-0.3, -0.25) is 13.9 Å². The Balaban J connectivity index is 2.05. The average Bonchev–Trinajstić information content (AvgIpc) is 2.85. The Morgan fingerprint density at radius 3 is 2.16 bits per heavy atom. The minimum atomic E-state index is -3.80. The SMILES string of the molecule is CC(C)NC(=O)[C@@H](Cc1ccccc1)N(Cc1cccc(Cl)c1)C(=O)CN(c1ccc(I)cc1)S(C)(=O)=O. The second-order valence-electron chi connectivity index (χ2n) is 9.27. The number of rotatable bonds is 11.